The summed E-state index contributed by atoms with van der Waals surface area (Å²) in [5, 5.41) is 11.7. The third kappa shape index (κ3) is 3.08. The van der Waals surface area contributed by atoms with Gasteiger partial charge >= 0.3 is 0 Å². The smallest absolute Gasteiger partial charge is 0.222 e. The van der Waals surface area contributed by atoms with Crippen molar-refractivity contribution in [2.24, 2.45) is 17.3 Å². The van der Waals surface area contributed by atoms with Gasteiger partial charge in [-0.15, -0.1) is 0 Å². The maximum atomic E-state index is 14.8. The van der Waals surface area contributed by atoms with E-state index in [-0.39, 0.29) is 16.9 Å². The highest BCUT2D eigenvalue weighted by atomic mass is 19.1. The molecule has 1 aromatic carbocycles. The zero-order chi connectivity index (χ0) is 21.6. The molecule has 0 saturated heterocycles. The van der Waals surface area contributed by atoms with Crippen molar-refractivity contribution in [3.63, 3.8) is 0 Å². The molecule has 2 aromatic rings. The topological polar surface area (TPSA) is 37.5 Å². The summed E-state index contributed by atoms with van der Waals surface area (Å²) in [5.41, 5.74) is 1.99. The normalized spacial score (nSPS) is 33.3. The predicted octanol–water partition coefficient (Wildman–Crippen LogP) is 5.80. The molecular weight excluding hydrogens is 387 g/mol. The Kier molecular flexibility index (Phi) is 4.87. The van der Waals surface area contributed by atoms with Crippen LogP contribution in [-0.4, -0.2) is 15.7 Å². The Morgan fingerprint density at radius 2 is 2.00 bits per heavy atom. The number of hydrogen-bond donors (Lipinski definition) is 1. The Bertz CT molecular complexity index is 1110. The molecule has 2 fully saturated rings. The van der Waals surface area contributed by atoms with Gasteiger partial charge in [-0.25, -0.2) is 9.24 Å². The van der Waals surface area contributed by atoms with Crippen molar-refractivity contribution in [3.8, 4) is 11.8 Å². The van der Waals surface area contributed by atoms with Gasteiger partial charge < -0.3 is 5.11 Å². The zero-order valence-electron chi connectivity index (χ0n) is 17.9. The molecule has 5 rings (SSSR count). The summed E-state index contributed by atoms with van der Waals surface area (Å²) in [6.07, 6.45) is 9.26. The molecule has 0 aliphatic heterocycles. The minimum atomic E-state index is -0.776. The Balaban J connectivity index is 1.40. The summed E-state index contributed by atoms with van der Waals surface area (Å²) in [5.74, 6) is 7.34. The highest BCUT2D eigenvalue weighted by molar-refractivity contribution is 5.53. The van der Waals surface area contributed by atoms with Crippen molar-refractivity contribution in [1.82, 2.24) is 4.98 Å². The first-order chi connectivity index (χ1) is 15.0. The molecule has 3 unspecified atom stereocenters. The second-order valence-corrected chi connectivity index (χ2v) is 9.73. The molecule has 0 amide bonds. The number of aromatic nitrogens is 1. The number of halogens is 1. The minimum Gasteiger partial charge on any atom is -0.388 e. The molecule has 3 aliphatic rings. The van der Waals surface area contributed by atoms with Crippen LogP contribution in [0, 0.1) is 41.5 Å². The molecule has 0 radical (unpaired) electrons. The van der Waals surface area contributed by atoms with E-state index >= 15 is 0 Å². The molecule has 1 aromatic heterocycles. The van der Waals surface area contributed by atoms with Gasteiger partial charge in [0.2, 0.25) is 5.69 Å². The summed E-state index contributed by atoms with van der Waals surface area (Å²) in [4.78, 5) is 7.37. The molecule has 5 atom stereocenters. The van der Waals surface area contributed by atoms with E-state index in [1.54, 1.807) is 18.5 Å². The van der Waals surface area contributed by atoms with E-state index in [1.165, 1.54) is 0 Å². The first kappa shape index (κ1) is 20.2. The highest BCUT2D eigenvalue weighted by Crippen LogP contribution is 2.65. The first-order valence-corrected chi connectivity index (χ1v) is 11.3. The van der Waals surface area contributed by atoms with Crippen molar-refractivity contribution in [3.05, 3.63) is 70.6 Å². The van der Waals surface area contributed by atoms with Gasteiger partial charge in [0, 0.05) is 29.8 Å². The van der Waals surface area contributed by atoms with Crippen LogP contribution in [0.25, 0.3) is 4.85 Å². The standard InChI is InChI=1S/C27H27FN2O/c1-26-14-9-20-19-7-8-24(29-2)25(28)22(19)6-5-21(20)23(26)10-15-27(26,31)13-3-4-18-11-16-30-17-12-18/h7-8,11-12,16-17,20-21,23,31H,5-6,9-10,13-15H2,1H3/t20?,21?,23?,26-,27-/m0/s1. The lowest BCUT2D eigenvalue weighted by atomic mass is 9.53. The first-order valence-electron chi connectivity index (χ1n) is 11.3. The van der Waals surface area contributed by atoms with Crippen LogP contribution in [-0.2, 0) is 6.42 Å². The van der Waals surface area contributed by atoms with Gasteiger partial charge in [0.1, 0.15) is 5.82 Å². The summed E-state index contributed by atoms with van der Waals surface area (Å²) in [6.45, 7) is 9.46. The fraction of sp³-hybridized carbons (Fsp3) is 0.481. The zero-order valence-corrected chi connectivity index (χ0v) is 17.9. The van der Waals surface area contributed by atoms with Crippen molar-refractivity contribution in [2.75, 3.05) is 0 Å². The fourth-order valence-corrected chi connectivity index (χ4v) is 6.83. The summed E-state index contributed by atoms with van der Waals surface area (Å²) in [7, 11) is 0. The van der Waals surface area contributed by atoms with E-state index in [2.05, 4.69) is 28.6 Å². The molecule has 3 nitrogen and oxygen atoms in total. The second kappa shape index (κ2) is 7.47. The van der Waals surface area contributed by atoms with Gasteiger partial charge in [-0.3, -0.25) is 4.98 Å². The molecule has 1 heterocycles. The van der Waals surface area contributed by atoms with Crippen LogP contribution in [0.15, 0.2) is 36.7 Å². The number of benzene rings is 1. The molecule has 1 N–H and O–H groups in total. The molecule has 0 spiro atoms. The van der Waals surface area contributed by atoms with Crippen molar-refractivity contribution < 1.29 is 9.50 Å². The Morgan fingerprint density at radius 3 is 2.77 bits per heavy atom. The Morgan fingerprint density at radius 1 is 1.19 bits per heavy atom. The van der Waals surface area contributed by atoms with Crippen molar-refractivity contribution >= 4 is 5.69 Å². The van der Waals surface area contributed by atoms with E-state index in [9.17, 15) is 9.50 Å². The van der Waals surface area contributed by atoms with Crippen LogP contribution in [0.3, 0.4) is 0 Å². The predicted molar refractivity (Wildman–Crippen MR) is 118 cm³/mol. The lowest BCUT2D eigenvalue weighted by molar-refractivity contribution is -0.0991. The third-order valence-corrected chi connectivity index (χ3v) is 8.56. The van der Waals surface area contributed by atoms with Gasteiger partial charge in [0.05, 0.1) is 12.2 Å². The van der Waals surface area contributed by atoms with Gasteiger partial charge in [0.25, 0.3) is 0 Å². The second-order valence-electron chi connectivity index (χ2n) is 9.73. The number of pyridine rings is 1. The molecule has 158 valence electrons. The van der Waals surface area contributed by atoms with Crippen molar-refractivity contribution in [1.29, 1.82) is 0 Å². The van der Waals surface area contributed by atoms with Crippen LogP contribution in [0.4, 0.5) is 10.1 Å². The van der Waals surface area contributed by atoms with Crippen LogP contribution >= 0.6 is 0 Å². The number of rotatable bonds is 1. The highest BCUT2D eigenvalue weighted by Gasteiger charge is 2.61. The maximum absolute atomic E-state index is 14.8. The van der Waals surface area contributed by atoms with Crippen LogP contribution < -0.4 is 0 Å². The van der Waals surface area contributed by atoms with E-state index in [1.807, 2.05) is 18.2 Å². The van der Waals surface area contributed by atoms with Crippen LogP contribution in [0.2, 0.25) is 0 Å². The average molecular weight is 415 g/mol. The molecule has 2 saturated carbocycles. The van der Waals surface area contributed by atoms with Crippen LogP contribution in [0.1, 0.15) is 68.1 Å². The summed E-state index contributed by atoms with van der Waals surface area (Å²) in [6, 6.07) is 7.42. The summed E-state index contributed by atoms with van der Waals surface area (Å²) >= 11 is 0. The van der Waals surface area contributed by atoms with Crippen LogP contribution in [0.5, 0.6) is 0 Å². The number of hydrogen-bond acceptors (Lipinski definition) is 2. The SMILES string of the molecule is [C-]#[N+]c1ccc2c(c1F)CCC1C2CC[C@@]2(C)C1CC[C@@]2(O)CC#Cc1ccncc1. The third-order valence-electron chi connectivity index (χ3n) is 8.56. The minimum absolute atomic E-state index is 0.140. The largest absolute Gasteiger partial charge is 0.388 e. The number of aliphatic hydroxyl groups is 1. The molecule has 4 heteroatoms. The number of nitrogens with zero attached hydrogens (tertiary/aromatic N) is 2. The Labute approximate surface area is 183 Å². The monoisotopic (exact) mass is 414 g/mol. The molecule has 31 heavy (non-hydrogen) atoms. The fourth-order valence-electron chi connectivity index (χ4n) is 6.83. The van der Waals surface area contributed by atoms with Gasteiger partial charge in [-0.05, 0) is 79.5 Å². The van der Waals surface area contributed by atoms with E-state index in [0.717, 1.165) is 48.8 Å². The average Bonchev–Trinajstić information content (AvgIpc) is 3.05. The van der Waals surface area contributed by atoms with E-state index in [0.29, 0.717) is 30.6 Å². The van der Waals surface area contributed by atoms with Crippen molar-refractivity contribution in [2.45, 2.75) is 63.4 Å². The quantitative estimate of drug-likeness (QED) is 0.473. The maximum Gasteiger partial charge on any atom is 0.222 e. The summed E-state index contributed by atoms with van der Waals surface area (Å²) < 4.78 is 14.8. The van der Waals surface area contributed by atoms with E-state index < -0.39 is 5.60 Å². The molecular formula is C27H27FN2O. The molecule has 0 bridgehead atoms. The van der Waals surface area contributed by atoms with Gasteiger partial charge in [-0.2, -0.15) is 0 Å². The van der Waals surface area contributed by atoms with Gasteiger partial charge in [0.15, 0.2) is 0 Å². The molecule has 3 aliphatic carbocycles. The lowest BCUT2D eigenvalue weighted by Crippen LogP contribution is -2.50. The number of fused-ring (bicyclic) bond motifs is 5. The van der Waals surface area contributed by atoms with E-state index in [4.69, 9.17) is 6.57 Å². The Hall–Kier alpha value is -2.69. The van der Waals surface area contributed by atoms with Gasteiger partial charge in [-0.1, -0.05) is 30.9 Å². The lowest BCUT2D eigenvalue weighted by Gasteiger charge is -2.53.